The Labute approximate surface area is 150 Å². The predicted octanol–water partition coefficient (Wildman–Crippen LogP) is 4.77. The van der Waals surface area contributed by atoms with Crippen molar-refractivity contribution in [2.45, 2.75) is 64.7 Å². The van der Waals surface area contributed by atoms with Gasteiger partial charge in [0.2, 0.25) is 0 Å². The average molecular weight is 331 g/mol. The van der Waals surface area contributed by atoms with E-state index >= 15 is 0 Å². The zero-order valence-corrected chi connectivity index (χ0v) is 16.1. The van der Waals surface area contributed by atoms with E-state index in [1.807, 2.05) is 0 Å². The van der Waals surface area contributed by atoms with Crippen molar-refractivity contribution in [3.8, 4) is 0 Å². The largest absolute Gasteiger partial charge is 0.304 e. The summed E-state index contributed by atoms with van der Waals surface area (Å²) in [5.74, 6) is 0. The third kappa shape index (κ3) is 7.81. The van der Waals surface area contributed by atoms with E-state index in [0.29, 0.717) is 0 Å². The van der Waals surface area contributed by atoms with Crippen LogP contribution in [-0.4, -0.2) is 49.6 Å². The number of piperazine rings is 1. The molecule has 1 aliphatic heterocycles. The molecule has 0 saturated carbocycles. The number of benzene rings is 1. The number of likely N-dealkylation sites (N-methyl/N-ethyl adjacent to an activating group) is 1. The molecule has 1 aromatic rings. The molecule has 0 aromatic heterocycles. The third-order valence-electron chi connectivity index (χ3n) is 5.38. The molecule has 136 valence electrons. The van der Waals surface area contributed by atoms with Crippen LogP contribution in [0.4, 0.5) is 0 Å². The van der Waals surface area contributed by atoms with E-state index in [9.17, 15) is 0 Å². The number of hydrogen-bond donors (Lipinski definition) is 0. The Morgan fingerprint density at radius 1 is 0.708 bits per heavy atom. The molecule has 2 rings (SSSR count). The molecule has 1 saturated heterocycles. The fourth-order valence-electron chi connectivity index (χ4n) is 3.56. The maximum atomic E-state index is 2.62. The molecule has 2 nitrogen and oxygen atoms in total. The van der Waals surface area contributed by atoms with Gasteiger partial charge >= 0.3 is 0 Å². The predicted molar refractivity (Wildman–Crippen MR) is 106 cm³/mol. The lowest BCUT2D eigenvalue weighted by molar-refractivity contribution is 0.153. The van der Waals surface area contributed by atoms with Crippen LogP contribution in [0.15, 0.2) is 24.3 Å². The molecule has 0 amide bonds. The monoisotopic (exact) mass is 330 g/mol. The first-order valence-electron chi connectivity index (χ1n) is 10.3. The summed E-state index contributed by atoms with van der Waals surface area (Å²) < 4.78 is 0. The zero-order valence-electron chi connectivity index (χ0n) is 16.1. The SMILES string of the molecule is CCCCCCCCc1ccc(CCCN2CCN(C)CC2)cc1. The van der Waals surface area contributed by atoms with Crippen LogP contribution in [0.1, 0.15) is 63.0 Å². The molecule has 0 bridgehead atoms. The third-order valence-corrected chi connectivity index (χ3v) is 5.38. The van der Waals surface area contributed by atoms with Gasteiger partial charge in [0.25, 0.3) is 0 Å². The lowest BCUT2D eigenvalue weighted by Crippen LogP contribution is -2.44. The Morgan fingerprint density at radius 2 is 1.25 bits per heavy atom. The minimum Gasteiger partial charge on any atom is -0.304 e. The molecule has 1 heterocycles. The molecule has 24 heavy (non-hydrogen) atoms. The van der Waals surface area contributed by atoms with Gasteiger partial charge in [0, 0.05) is 26.2 Å². The maximum absolute atomic E-state index is 2.62. The van der Waals surface area contributed by atoms with Gasteiger partial charge in [-0.25, -0.2) is 0 Å². The van der Waals surface area contributed by atoms with Crippen LogP contribution in [0.3, 0.4) is 0 Å². The lowest BCUT2D eigenvalue weighted by atomic mass is 10.0. The summed E-state index contributed by atoms with van der Waals surface area (Å²) in [5, 5.41) is 0. The molecule has 0 aliphatic carbocycles. The van der Waals surface area contributed by atoms with Gasteiger partial charge < -0.3 is 9.80 Å². The number of unbranched alkanes of at least 4 members (excludes halogenated alkanes) is 5. The van der Waals surface area contributed by atoms with Crippen LogP contribution in [-0.2, 0) is 12.8 Å². The average Bonchev–Trinajstić information content (AvgIpc) is 2.61. The summed E-state index contributed by atoms with van der Waals surface area (Å²) in [7, 11) is 2.23. The van der Waals surface area contributed by atoms with E-state index in [2.05, 4.69) is 48.0 Å². The van der Waals surface area contributed by atoms with Gasteiger partial charge in [0.05, 0.1) is 0 Å². The standard InChI is InChI=1S/C22H38N2/c1-3-4-5-6-7-8-10-21-12-14-22(15-13-21)11-9-16-24-19-17-23(2)18-20-24/h12-15H,3-11,16-20H2,1-2H3. The number of aryl methyl sites for hydroxylation is 2. The Bertz CT molecular complexity index is 418. The minimum absolute atomic E-state index is 1.23. The van der Waals surface area contributed by atoms with Gasteiger partial charge in [-0.05, 0) is 50.4 Å². The van der Waals surface area contributed by atoms with Crippen LogP contribution in [0.2, 0.25) is 0 Å². The molecule has 0 atom stereocenters. The first-order valence-corrected chi connectivity index (χ1v) is 10.3. The topological polar surface area (TPSA) is 6.48 Å². The summed E-state index contributed by atoms with van der Waals surface area (Å²) in [4.78, 5) is 5.05. The van der Waals surface area contributed by atoms with Crippen LogP contribution in [0.25, 0.3) is 0 Å². The fraction of sp³-hybridized carbons (Fsp3) is 0.727. The smallest absolute Gasteiger partial charge is 0.0110 e. The second-order valence-corrected chi connectivity index (χ2v) is 7.58. The van der Waals surface area contributed by atoms with Gasteiger partial charge in [-0.3, -0.25) is 0 Å². The second-order valence-electron chi connectivity index (χ2n) is 7.58. The lowest BCUT2D eigenvalue weighted by Gasteiger charge is -2.32. The van der Waals surface area contributed by atoms with E-state index in [0.717, 1.165) is 0 Å². The highest BCUT2D eigenvalue weighted by Gasteiger charge is 2.12. The van der Waals surface area contributed by atoms with Crippen molar-refractivity contribution in [2.75, 3.05) is 39.8 Å². The highest BCUT2D eigenvalue weighted by atomic mass is 15.2. The van der Waals surface area contributed by atoms with Crippen LogP contribution >= 0.6 is 0 Å². The van der Waals surface area contributed by atoms with Gasteiger partial charge in [-0.1, -0.05) is 63.3 Å². The van der Waals surface area contributed by atoms with Crippen molar-refractivity contribution in [1.82, 2.24) is 9.80 Å². The van der Waals surface area contributed by atoms with Gasteiger partial charge in [-0.15, -0.1) is 0 Å². The van der Waals surface area contributed by atoms with E-state index in [1.54, 1.807) is 0 Å². The molecular weight excluding hydrogens is 292 g/mol. The molecule has 0 N–H and O–H groups in total. The first kappa shape index (κ1) is 19.5. The minimum atomic E-state index is 1.23. The Kier molecular flexibility index (Phi) is 9.45. The second kappa shape index (κ2) is 11.7. The molecule has 1 aromatic carbocycles. The quantitative estimate of drug-likeness (QED) is 0.539. The van der Waals surface area contributed by atoms with Crippen LogP contribution in [0.5, 0.6) is 0 Å². The molecule has 0 radical (unpaired) electrons. The Balaban J connectivity index is 1.56. The van der Waals surface area contributed by atoms with Crippen molar-refractivity contribution < 1.29 is 0 Å². The van der Waals surface area contributed by atoms with Gasteiger partial charge in [0.15, 0.2) is 0 Å². The molecule has 0 spiro atoms. The highest BCUT2D eigenvalue weighted by Crippen LogP contribution is 2.12. The van der Waals surface area contributed by atoms with Crippen molar-refractivity contribution in [2.24, 2.45) is 0 Å². The van der Waals surface area contributed by atoms with E-state index in [4.69, 9.17) is 0 Å². The summed E-state index contributed by atoms with van der Waals surface area (Å²) in [6.07, 6.45) is 12.1. The van der Waals surface area contributed by atoms with Crippen LogP contribution < -0.4 is 0 Å². The first-order chi connectivity index (χ1) is 11.8. The highest BCUT2D eigenvalue weighted by molar-refractivity contribution is 5.22. The summed E-state index contributed by atoms with van der Waals surface area (Å²) in [6.45, 7) is 8.49. The summed E-state index contributed by atoms with van der Waals surface area (Å²) >= 11 is 0. The Hall–Kier alpha value is -0.860. The zero-order chi connectivity index (χ0) is 17.0. The molecule has 0 unspecified atom stereocenters. The fourth-order valence-corrected chi connectivity index (χ4v) is 3.56. The van der Waals surface area contributed by atoms with Gasteiger partial charge in [0.1, 0.15) is 0 Å². The van der Waals surface area contributed by atoms with Gasteiger partial charge in [-0.2, -0.15) is 0 Å². The normalized spacial score (nSPS) is 16.6. The van der Waals surface area contributed by atoms with E-state index in [1.165, 1.54) is 102 Å². The van der Waals surface area contributed by atoms with E-state index in [-0.39, 0.29) is 0 Å². The summed E-state index contributed by atoms with van der Waals surface area (Å²) in [5.41, 5.74) is 3.03. The van der Waals surface area contributed by atoms with Crippen LogP contribution in [0, 0.1) is 0 Å². The number of rotatable bonds is 11. The van der Waals surface area contributed by atoms with Crippen molar-refractivity contribution in [3.05, 3.63) is 35.4 Å². The maximum Gasteiger partial charge on any atom is 0.0110 e. The number of nitrogens with zero attached hydrogens (tertiary/aromatic N) is 2. The van der Waals surface area contributed by atoms with Crippen molar-refractivity contribution in [1.29, 1.82) is 0 Å². The Morgan fingerprint density at radius 3 is 1.88 bits per heavy atom. The molecular formula is C22H38N2. The molecule has 2 heteroatoms. The number of hydrogen-bond acceptors (Lipinski definition) is 2. The van der Waals surface area contributed by atoms with Crippen molar-refractivity contribution in [3.63, 3.8) is 0 Å². The molecule has 1 fully saturated rings. The summed E-state index contributed by atoms with van der Waals surface area (Å²) in [6, 6.07) is 9.43. The molecule has 1 aliphatic rings. The van der Waals surface area contributed by atoms with Crippen molar-refractivity contribution >= 4 is 0 Å². The van der Waals surface area contributed by atoms with E-state index < -0.39 is 0 Å².